The Morgan fingerprint density at radius 1 is 0.931 bits per heavy atom. The number of aliphatic hydroxyl groups excluding tert-OH is 1. The normalized spacial score (nSPS) is 16.1. The van der Waals surface area contributed by atoms with Gasteiger partial charge in [-0.1, -0.05) is 20.3 Å². The van der Waals surface area contributed by atoms with Gasteiger partial charge in [0.2, 0.25) is 17.7 Å². The Bertz CT molecular complexity index is 559. The molecule has 3 amide bonds. The summed E-state index contributed by atoms with van der Waals surface area (Å²) in [5.74, 6) is -3.36. The molecule has 11 nitrogen and oxygen atoms in total. The van der Waals surface area contributed by atoms with Crippen LogP contribution in [0.5, 0.6) is 0 Å². The smallest absolute Gasteiger partial charge is 0.325 e. The highest BCUT2D eigenvalue weighted by Crippen LogP contribution is 2.07. The van der Waals surface area contributed by atoms with Crippen molar-refractivity contribution in [3.05, 3.63) is 0 Å². The van der Waals surface area contributed by atoms with Crippen LogP contribution in [0.25, 0.3) is 0 Å². The zero-order chi connectivity index (χ0) is 22.6. The molecule has 0 bridgehead atoms. The predicted octanol–water partition coefficient (Wildman–Crippen LogP) is -1.96. The molecule has 0 fully saturated rings. The number of carbonyl (C=O) groups excluding carboxylic acids is 3. The van der Waals surface area contributed by atoms with Crippen molar-refractivity contribution in [3.63, 3.8) is 0 Å². The first-order chi connectivity index (χ1) is 13.6. The lowest BCUT2D eigenvalue weighted by Crippen LogP contribution is -2.58. The number of carboxylic acid groups (broad SMARTS) is 1. The second-order valence-electron chi connectivity index (χ2n) is 7.07. The van der Waals surface area contributed by atoms with E-state index in [1.807, 2.05) is 13.8 Å². The third-order valence-corrected chi connectivity index (χ3v) is 4.68. The molecule has 29 heavy (non-hydrogen) atoms. The van der Waals surface area contributed by atoms with Crippen LogP contribution >= 0.6 is 0 Å². The summed E-state index contributed by atoms with van der Waals surface area (Å²) in [6.45, 7) is 4.65. The summed E-state index contributed by atoms with van der Waals surface area (Å²) in [5.41, 5.74) is 11.4. The number of hydrogen-bond acceptors (Lipinski definition) is 7. The zero-order valence-electron chi connectivity index (χ0n) is 17.3. The van der Waals surface area contributed by atoms with Crippen molar-refractivity contribution in [2.75, 3.05) is 13.2 Å². The van der Waals surface area contributed by atoms with Crippen molar-refractivity contribution in [1.29, 1.82) is 0 Å². The molecule has 0 aliphatic carbocycles. The lowest BCUT2D eigenvalue weighted by molar-refractivity contribution is -0.142. The maximum absolute atomic E-state index is 12.6. The van der Waals surface area contributed by atoms with Crippen LogP contribution in [0.1, 0.15) is 46.5 Å². The van der Waals surface area contributed by atoms with Gasteiger partial charge >= 0.3 is 5.97 Å². The van der Waals surface area contributed by atoms with Gasteiger partial charge in [0.1, 0.15) is 18.1 Å². The highest BCUT2D eigenvalue weighted by molar-refractivity contribution is 5.94. The molecule has 0 aromatic carbocycles. The van der Waals surface area contributed by atoms with E-state index in [0.717, 1.165) is 0 Å². The van der Waals surface area contributed by atoms with E-state index >= 15 is 0 Å². The molecule has 0 heterocycles. The summed E-state index contributed by atoms with van der Waals surface area (Å²) in [6, 6.07) is -4.32. The topological polar surface area (TPSA) is 197 Å². The van der Waals surface area contributed by atoms with Crippen LogP contribution in [0, 0.1) is 5.92 Å². The number of aliphatic carboxylic acids is 1. The van der Waals surface area contributed by atoms with E-state index in [1.165, 1.54) is 6.92 Å². The third-order valence-electron chi connectivity index (χ3n) is 4.68. The molecular formula is C18H35N5O6. The van der Waals surface area contributed by atoms with Crippen LogP contribution < -0.4 is 27.4 Å². The third kappa shape index (κ3) is 9.68. The van der Waals surface area contributed by atoms with Crippen LogP contribution in [-0.2, 0) is 19.2 Å². The number of rotatable bonds is 14. The summed E-state index contributed by atoms with van der Waals surface area (Å²) < 4.78 is 0. The van der Waals surface area contributed by atoms with E-state index in [4.69, 9.17) is 16.6 Å². The highest BCUT2D eigenvalue weighted by atomic mass is 16.4. The van der Waals surface area contributed by atoms with Gasteiger partial charge in [0.25, 0.3) is 0 Å². The largest absolute Gasteiger partial charge is 0.480 e. The number of carboxylic acids is 1. The molecule has 0 rings (SSSR count). The molecule has 0 aliphatic rings. The van der Waals surface area contributed by atoms with Gasteiger partial charge in [0, 0.05) is 0 Å². The van der Waals surface area contributed by atoms with Gasteiger partial charge in [-0.2, -0.15) is 0 Å². The molecule has 0 saturated carbocycles. The van der Waals surface area contributed by atoms with Crippen molar-refractivity contribution in [2.45, 2.75) is 70.6 Å². The maximum Gasteiger partial charge on any atom is 0.325 e. The Morgan fingerprint density at radius 2 is 1.48 bits per heavy atom. The molecule has 0 aromatic heterocycles. The number of hydrogen-bond donors (Lipinski definition) is 7. The predicted molar refractivity (Wildman–Crippen MR) is 107 cm³/mol. The molecule has 168 valence electrons. The van der Waals surface area contributed by atoms with E-state index in [2.05, 4.69) is 16.0 Å². The Balaban J connectivity index is 5.14. The zero-order valence-corrected chi connectivity index (χ0v) is 17.3. The molecular weight excluding hydrogens is 382 g/mol. The van der Waals surface area contributed by atoms with Crippen molar-refractivity contribution >= 4 is 23.7 Å². The molecule has 5 unspecified atom stereocenters. The molecule has 5 atom stereocenters. The van der Waals surface area contributed by atoms with Gasteiger partial charge in [0.15, 0.2) is 0 Å². The lowest BCUT2D eigenvalue weighted by atomic mass is 9.98. The summed E-state index contributed by atoms with van der Waals surface area (Å²) in [4.78, 5) is 47.9. The summed E-state index contributed by atoms with van der Waals surface area (Å²) in [6.07, 6.45) is 2.15. The van der Waals surface area contributed by atoms with Crippen LogP contribution in [0.2, 0.25) is 0 Å². The van der Waals surface area contributed by atoms with Gasteiger partial charge in [-0.25, -0.2) is 0 Å². The fraction of sp³-hybridized carbons (Fsp3) is 0.778. The minimum Gasteiger partial charge on any atom is -0.480 e. The first-order valence-electron chi connectivity index (χ1n) is 9.79. The fourth-order valence-corrected chi connectivity index (χ4v) is 2.38. The van der Waals surface area contributed by atoms with Gasteiger partial charge < -0.3 is 37.6 Å². The number of unbranched alkanes of at least 4 members (excludes halogenated alkanes) is 1. The van der Waals surface area contributed by atoms with E-state index in [1.54, 1.807) is 0 Å². The Hall–Kier alpha value is -2.24. The standard InChI is InChI=1S/C18H35N5O6/c1-4-10(2)14(20)17(27)22-12(7-5-6-8-19)15(25)23-13(9-24)16(26)21-11(3)18(28)29/h10-14,24H,4-9,19-20H2,1-3H3,(H,21,26)(H,22,27)(H,23,25)(H,28,29). The molecule has 0 aromatic rings. The van der Waals surface area contributed by atoms with Crippen molar-refractivity contribution in [1.82, 2.24) is 16.0 Å². The average molecular weight is 418 g/mol. The minimum atomic E-state index is -1.36. The highest BCUT2D eigenvalue weighted by Gasteiger charge is 2.29. The Kier molecular flexibility index (Phi) is 12.8. The van der Waals surface area contributed by atoms with Crippen LogP contribution in [-0.4, -0.2) is 71.2 Å². The summed E-state index contributed by atoms with van der Waals surface area (Å²) in [7, 11) is 0. The number of aliphatic hydroxyl groups is 1. The van der Waals surface area contributed by atoms with Gasteiger partial charge in [0.05, 0.1) is 12.6 Å². The molecule has 0 saturated heterocycles. The van der Waals surface area contributed by atoms with Gasteiger partial charge in [-0.05, 0) is 38.6 Å². The van der Waals surface area contributed by atoms with Crippen molar-refractivity contribution < 1.29 is 29.4 Å². The quantitative estimate of drug-likeness (QED) is 0.158. The average Bonchev–Trinajstić information content (AvgIpc) is 2.69. The SMILES string of the molecule is CCC(C)C(N)C(=O)NC(CCCCN)C(=O)NC(CO)C(=O)NC(C)C(=O)O. The number of nitrogens with two attached hydrogens (primary N) is 2. The van der Waals surface area contributed by atoms with Gasteiger partial charge in [-0.15, -0.1) is 0 Å². The van der Waals surface area contributed by atoms with E-state index < -0.39 is 54.5 Å². The lowest BCUT2D eigenvalue weighted by Gasteiger charge is -2.25. The second kappa shape index (κ2) is 13.9. The summed E-state index contributed by atoms with van der Waals surface area (Å²) >= 11 is 0. The Labute approximate surface area is 171 Å². The first kappa shape index (κ1) is 26.8. The van der Waals surface area contributed by atoms with E-state index in [9.17, 15) is 24.3 Å². The van der Waals surface area contributed by atoms with Crippen LogP contribution in [0.4, 0.5) is 0 Å². The molecule has 0 radical (unpaired) electrons. The Morgan fingerprint density at radius 3 is 1.97 bits per heavy atom. The molecule has 11 heteroatoms. The van der Waals surface area contributed by atoms with Crippen LogP contribution in [0.3, 0.4) is 0 Å². The molecule has 0 aliphatic heterocycles. The monoisotopic (exact) mass is 417 g/mol. The van der Waals surface area contributed by atoms with E-state index in [-0.39, 0.29) is 12.3 Å². The molecule has 0 spiro atoms. The van der Waals surface area contributed by atoms with Gasteiger partial charge in [-0.3, -0.25) is 19.2 Å². The number of carbonyl (C=O) groups is 4. The van der Waals surface area contributed by atoms with E-state index in [0.29, 0.717) is 25.8 Å². The minimum absolute atomic E-state index is 0.0868. The molecule has 9 N–H and O–H groups in total. The number of nitrogens with one attached hydrogen (secondary N) is 3. The number of amides is 3. The van der Waals surface area contributed by atoms with Crippen LogP contribution in [0.15, 0.2) is 0 Å². The fourth-order valence-electron chi connectivity index (χ4n) is 2.38. The second-order valence-corrected chi connectivity index (χ2v) is 7.07. The van der Waals surface area contributed by atoms with Crippen molar-refractivity contribution in [2.24, 2.45) is 17.4 Å². The first-order valence-corrected chi connectivity index (χ1v) is 9.79. The maximum atomic E-state index is 12.6. The van der Waals surface area contributed by atoms with Crippen molar-refractivity contribution in [3.8, 4) is 0 Å². The summed E-state index contributed by atoms with van der Waals surface area (Å²) in [5, 5.41) is 25.4.